The van der Waals surface area contributed by atoms with E-state index in [0.717, 1.165) is 50.5 Å². The summed E-state index contributed by atoms with van der Waals surface area (Å²) in [4.78, 5) is 12.3. The molecule has 7 heteroatoms. The Morgan fingerprint density at radius 1 is 1.38 bits per heavy atom. The molecular weight excluding hydrogens is 268 g/mol. The Hall–Kier alpha value is -1.47. The molecule has 116 valence electrons. The number of rotatable bonds is 4. The second kappa shape index (κ2) is 5.38. The molecule has 2 aliphatic rings. The van der Waals surface area contributed by atoms with Crippen molar-refractivity contribution >= 4 is 5.91 Å². The minimum absolute atomic E-state index is 0.0645. The standard InChI is InChI=1S/C14H24N6O/c1-9(2)11(17-13(21)14(15)4-5-14)12-19-18-10-3-6-16-7-8-20(10)12/h9,11,16H,3-8,15H2,1-2H3,(H,17,21)/t11-/m1/s1. The number of hydrogen-bond acceptors (Lipinski definition) is 5. The molecule has 1 aliphatic carbocycles. The molecule has 0 spiro atoms. The fourth-order valence-electron chi connectivity index (χ4n) is 2.70. The van der Waals surface area contributed by atoms with Crippen molar-refractivity contribution in [1.29, 1.82) is 0 Å². The summed E-state index contributed by atoms with van der Waals surface area (Å²) in [7, 11) is 0. The lowest BCUT2D eigenvalue weighted by molar-refractivity contribution is -0.124. The molecule has 1 aromatic rings. The number of nitrogens with zero attached hydrogens (tertiary/aromatic N) is 3. The SMILES string of the molecule is CC(C)[C@@H](NC(=O)C1(N)CC1)c1nnc2n1CCNCC2. The van der Waals surface area contributed by atoms with E-state index in [-0.39, 0.29) is 17.9 Å². The minimum Gasteiger partial charge on any atom is -0.344 e. The van der Waals surface area contributed by atoms with Gasteiger partial charge in [0.15, 0.2) is 5.82 Å². The number of nitrogens with one attached hydrogen (secondary N) is 2. The van der Waals surface area contributed by atoms with Gasteiger partial charge in [-0.15, -0.1) is 10.2 Å². The molecule has 0 unspecified atom stereocenters. The van der Waals surface area contributed by atoms with Crippen LogP contribution in [0.1, 0.15) is 44.4 Å². The lowest BCUT2D eigenvalue weighted by atomic mass is 10.0. The number of carbonyl (C=O) groups is 1. The summed E-state index contributed by atoms with van der Waals surface area (Å²) >= 11 is 0. The Bertz CT molecular complexity index is 534. The summed E-state index contributed by atoms with van der Waals surface area (Å²) < 4.78 is 2.14. The van der Waals surface area contributed by atoms with Crippen LogP contribution in [0.4, 0.5) is 0 Å². The summed E-state index contributed by atoms with van der Waals surface area (Å²) in [5.41, 5.74) is 5.33. The average molecular weight is 292 g/mol. The summed E-state index contributed by atoms with van der Waals surface area (Å²) in [6, 6.07) is -0.141. The molecule has 1 atom stereocenters. The number of nitrogens with two attached hydrogens (primary N) is 1. The molecule has 4 N–H and O–H groups in total. The maximum absolute atomic E-state index is 12.3. The quantitative estimate of drug-likeness (QED) is 0.709. The molecule has 3 rings (SSSR count). The van der Waals surface area contributed by atoms with Gasteiger partial charge in [0.05, 0.1) is 11.6 Å². The van der Waals surface area contributed by atoms with Crippen molar-refractivity contribution < 1.29 is 4.79 Å². The normalized spacial score (nSPS) is 21.5. The van der Waals surface area contributed by atoms with Crippen molar-refractivity contribution in [2.24, 2.45) is 11.7 Å². The third-order valence-electron chi connectivity index (χ3n) is 4.37. The van der Waals surface area contributed by atoms with Crippen LogP contribution in [0.25, 0.3) is 0 Å². The van der Waals surface area contributed by atoms with E-state index in [4.69, 9.17) is 5.73 Å². The first-order chi connectivity index (χ1) is 10.0. The van der Waals surface area contributed by atoms with Gasteiger partial charge in [-0.2, -0.15) is 0 Å². The molecule has 7 nitrogen and oxygen atoms in total. The molecule has 1 saturated carbocycles. The van der Waals surface area contributed by atoms with E-state index in [2.05, 4.69) is 39.2 Å². The van der Waals surface area contributed by atoms with Crippen LogP contribution in [0.3, 0.4) is 0 Å². The van der Waals surface area contributed by atoms with Gasteiger partial charge in [-0.1, -0.05) is 13.8 Å². The van der Waals surface area contributed by atoms with E-state index in [1.807, 2.05) is 0 Å². The van der Waals surface area contributed by atoms with Crippen molar-refractivity contribution in [2.45, 2.75) is 51.2 Å². The molecule has 21 heavy (non-hydrogen) atoms. The van der Waals surface area contributed by atoms with E-state index in [1.54, 1.807) is 0 Å². The first kappa shape index (κ1) is 14.5. The molecule has 1 amide bonds. The summed E-state index contributed by atoms with van der Waals surface area (Å²) in [6.45, 7) is 6.82. The summed E-state index contributed by atoms with van der Waals surface area (Å²) in [5.74, 6) is 2.01. The first-order valence-corrected chi connectivity index (χ1v) is 7.74. The van der Waals surface area contributed by atoms with Crippen LogP contribution in [-0.4, -0.2) is 39.3 Å². The van der Waals surface area contributed by atoms with Gasteiger partial charge in [0.25, 0.3) is 0 Å². The van der Waals surface area contributed by atoms with Gasteiger partial charge in [-0.05, 0) is 18.8 Å². The number of hydrogen-bond donors (Lipinski definition) is 3. The third-order valence-corrected chi connectivity index (χ3v) is 4.37. The zero-order chi connectivity index (χ0) is 15.0. The molecule has 0 saturated heterocycles. The number of carbonyl (C=O) groups excluding carboxylic acids is 1. The second-order valence-electron chi connectivity index (χ2n) is 6.48. The topological polar surface area (TPSA) is 97.9 Å². The Kier molecular flexibility index (Phi) is 3.71. The smallest absolute Gasteiger partial charge is 0.240 e. The van der Waals surface area contributed by atoms with Crippen molar-refractivity contribution in [2.75, 3.05) is 13.1 Å². The highest BCUT2D eigenvalue weighted by atomic mass is 16.2. The van der Waals surface area contributed by atoms with Crippen LogP contribution in [0.2, 0.25) is 0 Å². The molecule has 0 bridgehead atoms. The molecule has 1 aliphatic heterocycles. The predicted molar refractivity (Wildman–Crippen MR) is 78.5 cm³/mol. The summed E-state index contributed by atoms with van der Waals surface area (Å²) in [6.07, 6.45) is 2.41. The van der Waals surface area contributed by atoms with Crippen LogP contribution >= 0.6 is 0 Å². The predicted octanol–water partition coefficient (Wildman–Crippen LogP) is -0.272. The molecule has 2 heterocycles. The number of amides is 1. The van der Waals surface area contributed by atoms with E-state index < -0.39 is 5.54 Å². The fraction of sp³-hybridized carbons (Fsp3) is 0.786. The van der Waals surface area contributed by atoms with Crippen molar-refractivity contribution in [3.05, 3.63) is 11.6 Å². The lowest BCUT2D eigenvalue weighted by Crippen LogP contribution is -2.46. The molecule has 0 radical (unpaired) electrons. The van der Waals surface area contributed by atoms with Gasteiger partial charge in [0.2, 0.25) is 5.91 Å². The van der Waals surface area contributed by atoms with Crippen molar-refractivity contribution in [3.8, 4) is 0 Å². The Labute approximate surface area is 124 Å². The van der Waals surface area contributed by atoms with Crippen molar-refractivity contribution in [1.82, 2.24) is 25.4 Å². The van der Waals surface area contributed by atoms with Gasteiger partial charge in [-0.25, -0.2) is 0 Å². The number of fused-ring (bicyclic) bond motifs is 1. The Balaban J connectivity index is 1.84. The van der Waals surface area contributed by atoms with Crippen LogP contribution < -0.4 is 16.4 Å². The first-order valence-electron chi connectivity index (χ1n) is 7.74. The molecular formula is C14H24N6O. The highest BCUT2D eigenvalue weighted by Gasteiger charge is 2.47. The van der Waals surface area contributed by atoms with Crippen LogP contribution in [0.5, 0.6) is 0 Å². The van der Waals surface area contributed by atoms with E-state index in [9.17, 15) is 4.79 Å². The van der Waals surface area contributed by atoms with Gasteiger partial charge in [-0.3, -0.25) is 4.79 Å². The average Bonchev–Trinajstić information content (AvgIpc) is 3.15. The zero-order valence-corrected chi connectivity index (χ0v) is 12.7. The highest BCUT2D eigenvalue weighted by molar-refractivity contribution is 5.89. The maximum Gasteiger partial charge on any atom is 0.240 e. The zero-order valence-electron chi connectivity index (χ0n) is 12.7. The lowest BCUT2D eigenvalue weighted by Gasteiger charge is -2.24. The molecule has 1 aromatic heterocycles. The monoisotopic (exact) mass is 292 g/mol. The minimum atomic E-state index is -0.656. The molecule has 0 aromatic carbocycles. The fourth-order valence-corrected chi connectivity index (χ4v) is 2.70. The van der Waals surface area contributed by atoms with Crippen molar-refractivity contribution in [3.63, 3.8) is 0 Å². The van der Waals surface area contributed by atoms with Gasteiger partial charge < -0.3 is 20.9 Å². The van der Waals surface area contributed by atoms with E-state index >= 15 is 0 Å². The Morgan fingerprint density at radius 2 is 2.14 bits per heavy atom. The molecule has 1 fully saturated rings. The van der Waals surface area contributed by atoms with E-state index in [0.29, 0.717) is 0 Å². The van der Waals surface area contributed by atoms with Crippen LogP contribution in [0.15, 0.2) is 0 Å². The third kappa shape index (κ3) is 2.80. The largest absolute Gasteiger partial charge is 0.344 e. The number of aromatic nitrogens is 3. The summed E-state index contributed by atoms with van der Waals surface area (Å²) in [5, 5.41) is 15.1. The Morgan fingerprint density at radius 3 is 2.81 bits per heavy atom. The highest BCUT2D eigenvalue weighted by Crippen LogP contribution is 2.33. The maximum atomic E-state index is 12.3. The van der Waals surface area contributed by atoms with E-state index in [1.165, 1.54) is 0 Å². The van der Waals surface area contributed by atoms with Crippen LogP contribution in [0, 0.1) is 5.92 Å². The van der Waals surface area contributed by atoms with Gasteiger partial charge in [0, 0.05) is 26.1 Å². The second-order valence-corrected chi connectivity index (χ2v) is 6.48. The van der Waals surface area contributed by atoms with Gasteiger partial charge >= 0.3 is 0 Å². The van der Waals surface area contributed by atoms with Crippen LogP contribution in [-0.2, 0) is 17.8 Å². The van der Waals surface area contributed by atoms with Gasteiger partial charge in [0.1, 0.15) is 5.82 Å².